The van der Waals surface area contributed by atoms with Gasteiger partial charge in [-0.1, -0.05) is 97.1 Å². The zero-order valence-corrected chi connectivity index (χ0v) is 20.3. The van der Waals surface area contributed by atoms with Gasteiger partial charge in [0, 0.05) is 33.8 Å². The molecular weight excluding hydrogens is 466 g/mol. The van der Waals surface area contributed by atoms with Crippen LogP contribution in [0.5, 0.6) is 0 Å². The maximum absolute atomic E-state index is 10.6. The highest BCUT2D eigenvalue weighted by molar-refractivity contribution is 6.10. The summed E-state index contributed by atoms with van der Waals surface area (Å²) in [6, 6.07) is 40.7. The molecule has 178 valence electrons. The summed E-state index contributed by atoms with van der Waals surface area (Å²) in [5, 5.41) is 17.7. The summed E-state index contributed by atoms with van der Waals surface area (Å²) >= 11 is 0. The maximum Gasteiger partial charge on any atom is 0.164 e. The van der Waals surface area contributed by atoms with Gasteiger partial charge in [-0.05, 0) is 23.8 Å². The molecule has 38 heavy (non-hydrogen) atoms. The summed E-state index contributed by atoms with van der Waals surface area (Å²) < 4.78 is 1.90. The van der Waals surface area contributed by atoms with E-state index in [0.29, 0.717) is 16.9 Å². The lowest BCUT2D eigenvalue weighted by Gasteiger charge is -2.13. The number of pyridine rings is 1. The van der Waals surface area contributed by atoms with Crippen LogP contribution in [0.15, 0.2) is 121 Å². The van der Waals surface area contributed by atoms with Gasteiger partial charge in [-0.15, -0.1) is 0 Å². The molecule has 5 nitrogen and oxygen atoms in total. The molecule has 0 fully saturated rings. The molecule has 0 radical (unpaired) electrons. The number of nitrogens with one attached hydrogen (secondary N) is 1. The molecule has 0 atom stereocenters. The quantitative estimate of drug-likeness (QED) is 0.276. The van der Waals surface area contributed by atoms with Crippen LogP contribution in [0, 0.1) is 11.3 Å². The fraction of sp³-hybridized carbons (Fsp3) is 0. The summed E-state index contributed by atoms with van der Waals surface area (Å²) in [6.07, 6.45) is 1.99. The van der Waals surface area contributed by atoms with Gasteiger partial charge in [0.15, 0.2) is 5.65 Å². The zero-order valence-electron chi connectivity index (χ0n) is 20.3. The Hall–Kier alpha value is -5.47. The number of hydrogen-bond acceptors (Lipinski definition) is 3. The number of H-pyrrole nitrogens is 1. The number of benzene rings is 4. The third-order valence-electron chi connectivity index (χ3n) is 6.88. The van der Waals surface area contributed by atoms with Gasteiger partial charge in [0.25, 0.3) is 0 Å². The van der Waals surface area contributed by atoms with E-state index in [0.717, 1.165) is 49.9 Å². The maximum atomic E-state index is 10.6. The highest BCUT2D eigenvalue weighted by Gasteiger charge is 2.26. The van der Waals surface area contributed by atoms with Gasteiger partial charge >= 0.3 is 0 Å². The van der Waals surface area contributed by atoms with Crippen LogP contribution in [0.4, 0.5) is 0 Å². The normalized spacial score (nSPS) is 11.1. The smallest absolute Gasteiger partial charge is 0.164 e. The van der Waals surface area contributed by atoms with Crippen molar-refractivity contribution in [3.05, 3.63) is 127 Å². The van der Waals surface area contributed by atoms with E-state index in [1.54, 1.807) is 0 Å². The summed E-state index contributed by atoms with van der Waals surface area (Å²) in [5.74, 6) is 0. The number of aromatic nitrogens is 4. The van der Waals surface area contributed by atoms with E-state index in [4.69, 9.17) is 10.1 Å². The molecular formula is C33H21N5. The Labute approximate surface area is 219 Å². The largest absolute Gasteiger partial charge is 0.360 e. The highest BCUT2D eigenvalue weighted by Crippen LogP contribution is 2.43. The molecule has 0 aliphatic carbocycles. The van der Waals surface area contributed by atoms with Crippen LogP contribution < -0.4 is 0 Å². The molecule has 0 amide bonds. The minimum absolute atomic E-state index is 0.531. The number of hydrogen-bond donors (Lipinski definition) is 1. The van der Waals surface area contributed by atoms with Gasteiger partial charge in [0.05, 0.1) is 22.3 Å². The lowest BCUT2D eigenvalue weighted by Crippen LogP contribution is -2.01. The first-order valence-electron chi connectivity index (χ1n) is 12.4. The summed E-state index contributed by atoms with van der Waals surface area (Å²) in [5.41, 5.74) is 8.22. The van der Waals surface area contributed by atoms with Crippen molar-refractivity contribution in [1.29, 1.82) is 5.26 Å². The molecule has 7 rings (SSSR count). The van der Waals surface area contributed by atoms with Crippen molar-refractivity contribution in [1.82, 2.24) is 19.7 Å². The van der Waals surface area contributed by atoms with E-state index in [1.165, 1.54) is 0 Å². The second-order valence-corrected chi connectivity index (χ2v) is 9.10. The number of aromatic amines is 1. The second-order valence-electron chi connectivity index (χ2n) is 9.10. The lowest BCUT2D eigenvalue weighted by molar-refractivity contribution is 0.902. The Morgan fingerprint density at radius 2 is 1.32 bits per heavy atom. The lowest BCUT2D eigenvalue weighted by atomic mass is 9.92. The summed E-state index contributed by atoms with van der Waals surface area (Å²) in [6.45, 7) is 0. The molecule has 0 saturated heterocycles. The van der Waals surface area contributed by atoms with Crippen molar-refractivity contribution >= 4 is 21.9 Å². The first kappa shape index (κ1) is 21.8. The van der Waals surface area contributed by atoms with Crippen molar-refractivity contribution in [3.8, 4) is 45.4 Å². The van der Waals surface area contributed by atoms with Crippen LogP contribution in [0.3, 0.4) is 0 Å². The Morgan fingerprint density at radius 1 is 0.684 bits per heavy atom. The summed E-state index contributed by atoms with van der Waals surface area (Å²) in [4.78, 5) is 8.55. The van der Waals surface area contributed by atoms with Crippen molar-refractivity contribution in [2.24, 2.45) is 0 Å². The predicted molar refractivity (Wildman–Crippen MR) is 152 cm³/mol. The molecule has 0 bridgehead atoms. The molecule has 7 aromatic rings. The summed E-state index contributed by atoms with van der Waals surface area (Å²) in [7, 11) is 0. The van der Waals surface area contributed by atoms with Crippen LogP contribution in [-0.2, 0) is 0 Å². The van der Waals surface area contributed by atoms with Crippen molar-refractivity contribution in [2.45, 2.75) is 0 Å². The van der Waals surface area contributed by atoms with Crippen molar-refractivity contribution in [3.63, 3.8) is 0 Å². The van der Waals surface area contributed by atoms with Gasteiger partial charge in [-0.25, -0.2) is 9.67 Å². The van der Waals surface area contributed by atoms with Crippen LogP contribution in [-0.4, -0.2) is 19.7 Å². The van der Waals surface area contributed by atoms with E-state index in [2.05, 4.69) is 23.2 Å². The Kier molecular flexibility index (Phi) is 5.09. The molecule has 3 heterocycles. The molecule has 0 spiro atoms. The third-order valence-corrected chi connectivity index (χ3v) is 6.88. The first-order valence-corrected chi connectivity index (χ1v) is 12.4. The minimum Gasteiger partial charge on any atom is -0.360 e. The van der Waals surface area contributed by atoms with E-state index >= 15 is 0 Å². The van der Waals surface area contributed by atoms with Crippen LogP contribution in [0.25, 0.3) is 61.3 Å². The predicted octanol–water partition coefficient (Wildman–Crippen LogP) is 7.77. The third kappa shape index (κ3) is 3.40. The Morgan fingerprint density at radius 3 is 2.03 bits per heavy atom. The van der Waals surface area contributed by atoms with Crippen LogP contribution >= 0.6 is 0 Å². The van der Waals surface area contributed by atoms with Gasteiger partial charge in [-0.2, -0.15) is 10.4 Å². The molecule has 5 heteroatoms. The standard InChI is InChI=1S/C33H21N5/c34-20-26-29(22-12-4-1-5-13-22)30-32(27-21-35-28-19-11-10-18-25(27)28)37-38(24-16-8-3-9-17-24)33(30)36-31(26)23-14-6-2-7-15-23/h1-19,21,35H. The highest BCUT2D eigenvalue weighted by atomic mass is 15.3. The molecule has 0 aliphatic rings. The van der Waals surface area contributed by atoms with E-state index in [1.807, 2.05) is 114 Å². The second kappa shape index (κ2) is 8.88. The Bertz CT molecular complexity index is 1960. The van der Waals surface area contributed by atoms with Gasteiger partial charge in [-0.3, -0.25) is 0 Å². The molecule has 3 aromatic heterocycles. The monoisotopic (exact) mass is 487 g/mol. The van der Waals surface area contributed by atoms with Crippen molar-refractivity contribution in [2.75, 3.05) is 0 Å². The number of rotatable bonds is 4. The topological polar surface area (TPSA) is 70.3 Å². The molecule has 0 saturated carbocycles. The van der Waals surface area contributed by atoms with E-state index in [-0.39, 0.29) is 0 Å². The SMILES string of the molecule is N#Cc1c(-c2ccccc2)nc2c(c(-c3c[nH]c4ccccc34)nn2-c2ccccc2)c1-c1ccccc1. The average molecular weight is 488 g/mol. The van der Waals surface area contributed by atoms with Crippen molar-refractivity contribution < 1.29 is 0 Å². The Balaban J connectivity index is 1.69. The van der Waals surface area contributed by atoms with E-state index < -0.39 is 0 Å². The molecule has 0 unspecified atom stereocenters. The number of fused-ring (bicyclic) bond motifs is 2. The van der Waals surface area contributed by atoms with Crippen LogP contribution in [0.2, 0.25) is 0 Å². The molecule has 1 N–H and O–H groups in total. The molecule has 4 aromatic carbocycles. The number of nitrogens with zero attached hydrogens (tertiary/aromatic N) is 4. The van der Waals surface area contributed by atoms with Gasteiger partial charge in [0.1, 0.15) is 11.8 Å². The van der Waals surface area contributed by atoms with Crippen LogP contribution in [0.1, 0.15) is 5.56 Å². The van der Waals surface area contributed by atoms with Gasteiger partial charge in [0.2, 0.25) is 0 Å². The zero-order chi connectivity index (χ0) is 25.5. The van der Waals surface area contributed by atoms with E-state index in [9.17, 15) is 5.26 Å². The first-order chi connectivity index (χ1) is 18.8. The average Bonchev–Trinajstić information content (AvgIpc) is 3.59. The number of nitriles is 1. The van der Waals surface area contributed by atoms with Gasteiger partial charge < -0.3 is 4.98 Å². The fourth-order valence-corrected chi connectivity index (χ4v) is 5.16. The molecule has 0 aliphatic heterocycles. The fourth-order valence-electron chi connectivity index (χ4n) is 5.16. The minimum atomic E-state index is 0.531. The number of para-hydroxylation sites is 2.